The van der Waals surface area contributed by atoms with Gasteiger partial charge in [-0.25, -0.2) is 0 Å². The van der Waals surface area contributed by atoms with Crippen LogP contribution in [0, 0.1) is 12.8 Å². The maximum absolute atomic E-state index is 12.3. The highest BCUT2D eigenvalue weighted by atomic mass is 16.2. The van der Waals surface area contributed by atoms with Crippen molar-refractivity contribution in [1.29, 1.82) is 0 Å². The van der Waals surface area contributed by atoms with Crippen LogP contribution >= 0.6 is 0 Å². The van der Waals surface area contributed by atoms with E-state index in [-0.39, 0.29) is 24.3 Å². The molecule has 2 heterocycles. The number of carbonyl (C=O) groups is 3. The Hall–Kier alpha value is -2.21. The summed E-state index contributed by atoms with van der Waals surface area (Å²) in [6, 6.07) is 5.14. The topological polar surface area (TPSA) is 83.7 Å². The van der Waals surface area contributed by atoms with Gasteiger partial charge in [-0.2, -0.15) is 0 Å². The Morgan fingerprint density at radius 3 is 2.68 bits per heavy atom. The predicted octanol–water partition coefficient (Wildman–Crippen LogP) is 0.398. The molecular weight excluding hydrogens is 282 g/mol. The van der Waals surface area contributed by atoms with Gasteiger partial charge in [0.2, 0.25) is 5.91 Å². The van der Waals surface area contributed by atoms with Crippen LogP contribution in [0.2, 0.25) is 0 Å². The van der Waals surface area contributed by atoms with E-state index >= 15 is 0 Å². The molecule has 116 valence electrons. The van der Waals surface area contributed by atoms with Crippen molar-refractivity contribution in [1.82, 2.24) is 9.80 Å². The van der Waals surface area contributed by atoms with Crippen molar-refractivity contribution in [3.63, 3.8) is 0 Å². The highest BCUT2D eigenvalue weighted by molar-refractivity contribution is 6.22. The van der Waals surface area contributed by atoms with Gasteiger partial charge in [-0.05, 0) is 37.9 Å². The average molecular weight is 301 g/mol. The number of amides is 3. The number of benzene rings is 1. The van der Waals surface area contributed by atoms with Crippen molar-refractivity contribution >= 4 is 17.7 Å². The van der Waals surface area contributed by atoms with Crippen molar-refractivity contribution in [3.8, 4) is 0 Å². The molecule has 1 fully saturated rings. The van der Waals surface area contributed by atoms with Crippen LogP contribution < -0.4 is 5.73 Å². The number of hydrogen-bond acceptors (Lipinski definition) is 4. The molecule has 2 N–H and O–H groups in total. The maximum atomic E-state index is 12.3. The molecule has 0 spiro atoms. The first kappa shape index (κ1) is 14.7. The van der Waals surface area contributed by atoms with Crippen LogP contribution in [0.5, 0.6) is 0 Å². The summed E-state index contributed by atoms with van der Waals surface area (Å²) < 4.78 is 0. The smallest absolute Gasteiger partial charge is 0.262 e. The standard InChI is InChI=1S/C16H19N3O3/c1-10-2-3-12-13(6-10)16(22)19(15(12)21)9-14(20)18-5-4-11(7-17)8-18/h2-3,6,11H,4-5,7-9,17H2,1H3. The van der Waals surface area contributed by atoms with Crippen LogP contribution in [0.3, 0.4) is 0 Å². The number of rotatable bonds is 3. The van der Waals surface area contributed by atoms with Crippen molar-refractivity contribution in [2.45, 2.75) is 13.3 Å². The van der Waals surface area contributed by atoms with E-state index in [9.17, 15) is 14.4 Å². The fraction of sp³-hybridized carbons (Fsp3) is 0.438. The first-order chi connectivity index (χ1) is 10.5. The summed E-state index contributed by atoms with van der Waals surface area (Å²) in [6.45, 7) is 3.47. The third kappa shape index (κ3) is 2.39. The van der Waals surface area contributed by atoms with E-state index in [0.717, 1.165) is 16.9 Å². The Kier molecular flexibility index (Phi) is 3.70. The number of imide groups is 1. The first-order valence-corrected chi connectivity index (χ1v) is 7.46. The van der Waals surface area contributed by atoms with Gasteiger partial charge in [0, 0.05) is 13.1 Å². The average Bonchev–Trinajstić information content (AvgIpc) is 3.07. The number of aryl methyl sites for hydroxylation is 1. The largest absolute Gasteiger partial charge is 0.341 e. The zero-order valence-corrected chi connectivity index (χ0v) is 12.5. The molecule has 1 aromatic rings. The molecule has 1 unspecified atom stereocenters. The second-order valence-corrected chi connectivity index (χ2v) is 5.98. The van der Waals surface area contributed by atoms with Gasteiger partial charge < -0.3 is 10.6 Å². The van der Waals surface area contributed by atoms with E-state index in [1.807, 2.05) is 6.92 Å². The zero-order valence-electron chi connectivity index (χ0n) is 12.5. The van der Waals surface area contributed by atoms with Gasteiger partial charge in [0.05, 0.1) is 11.1 Å². The van der Waals surface area contributed by atoms with E-state index in [1.54, 1.807) is 23.1 Å². The molecule has 1 atom stereocenters. The number of hydrogen-bond donors (Lipinski definition) is 1. The van der Waals surface area contributed by atoms with Gasteiger partial charge in [-0.15, -0.1) is 0 Å². The fourth-order valence-electron chi connectivity index (χ4n) is 3.03. The minimum Gasteiger partial charge on any atom is -0.341 e. The zero-order chi connectivity index (χ0) is 15.9. The van der Waals surface area contributed by atoms with Crippen LogP contribution in [0.4, 0.5) is 0 Å². The third-order valence-electron chi connectivity index (χ3n) is 4.39. The molecule has 1 aromatic carbocycles. The second kappa shape index (κ2) is 5.53. The lowest BCUT2D eigenvalue weighted by Crippen LogP contribution is -2.42. The van der Waals surface area contributed by atoms with Gasteiger partial charge in [0.15, 0.2) is 0 Å². The third-order valence-corrected chi connectivity index (χ3v) is 4.39. The second-order valence-electron chi connectivity index (χ2n) is 5.98. The summed E-state index contributed by atoms with van der Waals surface area (Å²) in [6.07, 6.45) is 0.879. The van der Waals surface area contributed by atoms with Crippen molar-refractivity contribution in [2.75, 3.05) is 26.2 Å². The predicted molar refractivity (Wildman–Crippen MR) is 80.3 cm³/mol. The molecule has 6 heteroatoms. The summed E-state index contributed by atoms with van der Waals surface area (Å²) in [5.74, 6) is -0.648. The van der Waals surface area contributed by atoms with Crippen LogP contribution in [-0.2, 0) is 4.79 Å². The Balaban J connectivity index is 1.73. The highest BCUT2D eigenvalue weighted by Crippen LogP contribution is 2.24. The van der Waals surface area contributed by atoms with E-state index in [2.05, 4.69) is 0 Å². The lowest BCUT2D eigenvalue weighted by atomic mass is 10.1. The molecule has 6 nitrogen and oxygen atoms in total. The molecular formula is C16H19N3O3. The van der Waals surface area contributed by atoms with Crippen molar-refractivity contribution in [3.05, 3.63) is 34.9 Å². The van der Waals surface area contributed by atoms with E-state index in [1.165, 1.54) is 0 Å². The van der Waals surface area contributed by atoms with E-state index < -0.39 is 0 Å². The molecule has 3 rings (SSSR count). The molecule has 1 saturated heterocycles. The van der Waals surface area contributed by atoms with Crippen molar-refractivity contribution < 1.29 is 14.4 Å². The Morgan fingerprint density at radius 1 is 1.27 bits per heavy atom. The van der Waals surface area contributed by atoms with Crippen molar-refractivity contribution in [2.24, 2.45) is 11.7 Å². The molecule has 0 aromatic heterocycles. The number of likely N-dealkylation sites (tertiary alicyclic amines) is 1. The monoisotopic (exact) mass is 301 g/mol. The quantitative estimate of drug-likeness (QED) is 0.819. The lowest BCUT2D eigenvalue weighted by Gasteiger charge is -2.20. The van der Waals surface area contributed by atoms with Gasteiger partial charge in [-0.3, -0.25) is 19.3 Å². The van der Waals surface area contributed by atoms with Gasteiger partial charge in [0.25, 0.3) is 11.8 Å². The minimum atomic E-state index is -0.386. The molecule has 2 aliphatic rings. The number of nitrogens with zero attached hydrogens (tertiary/aromatic N) is 2. The maximum Gasteiger partial charge on any atom is 0.262 e. The molecule has 0 aliphatic carbocycles. The minimum absolute atomic E-state index is 0.192. The molecule has 0 bridgehead atoms. The highest BCUT2D eigenvalue weighted by Gasteiger charge is 2.38. The van der Waals surface area contributed by atoms with Crippen LogP contribution in [0.1, 0.15) is 32.7 Å². The molecule has 2 aliphatic heterocycles. The normalized spacial score (nSPS) is 20.7. The lowest BCUT2D eigenvalue weighted by molar-refractivity contribution is -0.130. The molecule has 3 amide bonds. The summed E-state index contributed by atoms with van der Waals surface area (Å²) in [7, 11) is 0. The first-order valence-electron chi connectivity index (χ1n) is 7.46. The van der Waals surface area contributed by atoms with Crippen LogP contribution in [0.25, 0.3) is 0 Å². The van der Waals surface area contributed by atoms with Gasteiger partial charge in [-0.1, -0.05) is 11.6 Å². The van der Waals surface area contributed by atoms with E-state index in [0.29, 0.717) is 36.7 Å². The Labute approximate surface area is 128 Å². The van der Waals surface area contributed by atoms with E-state index in [4.69, 9.17) is 5.73 Å². The summed E-state index contributed by atoms with van der Waals surface area (Å²) in [4.78, 5) is 39.7. The van der Waals surface area contributed by atoms with Crippen LogP contribution in [-0.4, -0.2) is 53.7 Å². The summed E-state index contributed by atoms with van der Waals surface area (Å²) >= 11 is 0. The Bertz CT molecular complexity index is 656. The van der Waals surface area contributed by atoms with Gasteiger partial charge >= 0.3 is 0 Å². The number of fused-ring (bicyclic) bond motifs is 1. The van der Waals surface area contributed by atoms with Crippen LogP contribution in [0.15, 0.2) is 18.2 Å². The molecule has 0 radical (unpaired) electrons. The summed E-state index contributed by atoms with van der Waals surface area (Å²) in [5, 5.41) is 0. The number of carbonyl (C=O) groups excluding carboxylic acids is 3. The molecule has 22 heavy (non-hydrogen) atoms. The van der Waals surface area contributed by atoms with Gasteiger partial charge in [0.1, 0.15) is 6.54 Å². The fourth-order valence-corrected chi connectivity index (χ4v) is 3.03. The number of nitrogens with two attached hydrogens (primary N) is 1. The molecule has 0 saturated carbocycles. The summed E-state index contributed by atoms with van der Waals surface area (Å²) in [5.41, 5.74) is 7.30. The SMILES string of the molecule is Cc1ccc2c(c1)C(=O)N(CC(=O)N1CCC(CN)C1)C2=O. The Morgan fingerprint density at radius 2 is 2.00 bits per heavy atom.